The summed E-state index contributed by atoms with van der Waals surface area (Å²) in [5, 5.41) is 2.48. The number of benzene rings is 1. The fraction of sp³-hybridized carbons (Fsp3) is 0.167. The van der Waals surface area contributed by atoms with E-state index in [0.717, 1.165) is 18.3 Å². The lowest BCUT2D eigenvalue weighted by atomic mass is 10.2. The molecule has 0 aliphatic rings. The molecule has 0 aliphatic carbocycles. The van der Waals surface area contributed by atoms with Crippen molar-refractivity contribution in [2.45, 2.75) is 20.3 Å². The van der Waals surface area contributed by atoms with E-state index in [2.05, 4.69) is 15.3 Å². The van der Waals surface area contributed by atoms with Crippen LogP contribution in [0.3, 0.4) is 0 Å². The third-order valence-electron chi connectivity index (χ3n) is 3.38. The number of amides is 1. The fourth-order valence-corrected chi connectivity index (χ4v) is 1.91. The van der Waals surface area contributed by atoms with Crippen LogP contribution in [0, 0.1) is 5.82 Å². The van der Waals surface area contributed by atoms with Crippen molar-refractivity contribution in [2.24, 2.45) is 10.7 Å². The first-order valence-corrected chi connectivity index (χ1v) is 7.80. The molecule has 0 atom stereocenters. The predicted octanol–water partition coefficient (Wildman–Crippen LogP) is 4.30. The molecule has 142 valence electrons. The van der Waals surface area contributed by atoms with Gasteiger partial charge in [0, 0.05) is 17.4 Å². The molecule has 9 heteroatoms. The van der Waals surface area contributed by atoms with Gasteiger partial charge in [-0.1, -0.05) is 0 Å². The van der Waals surface area contributed by atoms with Gasteiger partial charge in [0.25, 0.3) is 18.4 Å². The number of hydrogen-bond acceptors (Lipinski definition) is 4. The molecule has 2 rings (SSSR count). The van der Waals surface area contributed by atoms with Crippen LogP contribution in [0.25, 0.3) is 0 Å². The van der Waals surface area contributed by atoms with Gasteiger partial charge in [0.15, 0.2) is 0 Å². The van der Waals surface area contributed by atoms with Crippen LogP contribution in [0.2, 0.25) is 0 Å². The summed E-state index contributed by atoms with van der Waals surface area (Å²) in [7, 11) is 0. The highest BCUT2D eigenvalue weighted by Crippen LogP contribution is 2.23. The van der Waals surface area contributed by atoms with Gasteiger partial charge < -0.3 is 15.8 Å². The van der Waals surface area contributed by atoms with Gasteiger partial charge in [0.1, 0.15) is 23.0 Å². The van der Waals surface area contributed by atoms with Crippen LogP contribution < -0.4 is 11.1 Å². The third-order valence-corrected chi connectivity index (χ3v) is 3.38. The Morgan fingerprint density at radius 1 is 1.33 bits per heavy atom. The van der Waals surface area contributed by atoms with E-state index in [-0.39, 0.29) is 28.7 Å². The van der Waals surface area contributed by atoms with Crippen LogP contribution in [-0.2, 0) is 4.74 Å². The number of carbonyl (C=O) groups is 1. The number of amidine groups is 1. The minimum atomic E-state index is -2.68. The van der Waals surface area contributed by atoms with E-state index in [1.807, 2.05) is 0 Å². The molecule has 2 aromatic rings. The van der Waals surface area contributed by atoms with Crippen molar-refractivity contribution in [1.29, 1.82) is 0 Å². The van der Waals surface area contributed by atoms with Gasteiger partial charge in [-0.25, -0.2) is 13.2 Å². The zero-order valence-corrected chi connectivity index (χ0v) is 14.5. The quantitative estimate of drug-likeness (QED) is 0.461. The Labute approximate surface area is 153 Å². The number of hydrogen-bond donors (Lipinski definition) is 2. The molecule has 0 unspecified atom stereocenters. The third kappa shape index (κ3) is 5.56. The Hall–Kier alpha value is -3.36. The molecule has 0 saturated carbocycles. The predicted molar refractivity (Wildman–Crippen MR) is 95.3 cm³/mol. The van der Waals surface area contributed by atoms with Gasteiger partial charge in [0.2, 0.25) is 0 Å². The van der Waals surface area contributed by atoms with E-state index in [4.69, 9.17) is 10.5 Å². The summed E-state index contributed by atoms with van der Waals surface area (Å²) < 4.78 is 44.1. The molecule has 0 radical (unpaired) electrons. The lowest BCUT2D eigenvalue weighted by Gasteiger charge is -2.08. The van der Waals surface area contributed by atoms with E-state index >= 15 is 0 Å². The molecular weight excluding hydrogens is 361 g/mol. The largest absolute Gasteiger partial charge is 0.431 e. The number of pyridine rings is 1. The summed E-state index contributed by atoms with van der Waals surface area (Å²) in [6.07, 6.45) is -0.102. The van der Waals surface area contributed by atoms with Crippen molar-refractivity contribution < 1.29 is 22.7 Å². The summed E-state index contributed by atoms with van der Waals surface area (Å²) in [5.74, 6) is -0.831. The second-order valence-electron chi connectivity index (χ2n) is 5.35. The van der Waals surface area contributed by atoms with Crippen molar-refractivity contribution in [3.63, 3.8) is 0 Å². The first-order chi connectivity index (χ1) is 12.8. The smallest absolute Gasteiger partial charge is 0.292 e. The molecule has 6 nitrogen and oxygen atoms in total. The normalized spacial score (nSPS) is 12.2. The van der Waals surface area contributed by atoms with Crippen molar-refractivity contribution in [3.8, 4) is 0 Å². The maximum atomic E-state index is 13.9. The summed E-state index contributed by atoms with van der Waals surface area (Å²) in [4.78, 5) is 19.7. The Kier molecular flexibility index (Phi) is 6.53. The maximum absolute atomic E-state index is 13.9. The van der Waals surface area contributed by atoms with Gasteiger partial charge in [-0.15, -0.1) is 0 Å². The number of carbonyl (C=O) groups excluding carboxylic acids is 1. The molecule has 0 aliphatic heterocycles. The molecule has 0 spiro atoms. The van der Waals surface area contributed by atoms with Crippen molar-refractivity contribution in [2.75, 3.05) is 5.32 Å². The monoisotopic (exact) mass is 378 g/mol. The number of aliphatic imine (C=N–C) groups is 1. The molecule has 27 heavy (non-hydrogen) atoms. The van der Waals surface area contributed by atoms with Crippen LogP contribution in [0.1, 0.15) is 36.3 Å². The highest BCUT2D eigenvalue weighted by Gasteiger charge is 2.12. The molecule has 3 N–H and O–H groups in total. The lowest BCUT2D eigenvalue weighted by Crippen LogP contribution is -2.15. The number of aromatic nitrogens is 1. The minimum Gasteiger partial charge on any atom is -0.431 e. The Balaban J connectivity index is 2.17. The molecule has 1 amide bonds. The highest BCUT2D eigenvalue weighted by molar-refractivity contribution is 6.03. The summed E-state index contributed by atoms with van der Waals surface area (Å²) in [6, 6.07) is 5.67. The van der Waals surface area contributed by atoms with Crippen molar-refractivity contribution >= 4 is 23.3 Å². The summed E-state index contributed by atoms with van der Waals surface area (Å²) >= 11 is 0. The molecule has 1 aromatic carbocycles. The van der Waals surface area contributed by atoms with Crippen molar-refractivity contribution in [1.82, 2.24) is 4.98 Å². The highest BCUT2D eigenvalue weighted by atomic mass is 19.3. The number of nitrogens with one attached hydrogen (secondary N) is 1. The number of allylic oxidation sites excluding steroid dienone is 2. The zero-order valence-electron chi connectivity index (χ0n) is 14.5. The van der Waals surface area contributed by atoms with Crippen LogP contribution in [0.15, 0.2) is 53.4 Å². The van der Waals surface area contributed by atoms with E-state index in [9.17, 15) is 18.0 Å². The van der Waals surface area contributed by atoms with E-state index in [0.29, 0.717) is 5.76 Å². The van der Waals surface area contributed by atoms with Gasteiger partial charge in [-0.3, -0.25) is 9.78 Å². The minimum absolute atomic E-state index is 0.0691. The molecule has 1 aromatic heterocycles. The van der Waals surface area contributed by atoms with Gasteiger partial charge >= 0.3 is 0 Å². The Morgan fingerprint density at radius 2 is 2.07 bits per heavy atom. The fourth-order valence-electron chi connectivity index (χ4n) is 1.91. The Bertz CT molecular complexity index is 881. The van der Waals surface area contributed by atoms with Gasteiger partial charge in [-0.05, 0) is 50.3 Å². The maximum Gasteiger partial charge on any atom is 0.292 e. The number of nitrogens with two attached hydrogens (primary N) is 1. The number of anilines is 1. The first-order valence-electron chi connectivity index (χ1n) is 7.80. The molecule has 0 saturated heterocycles. The van der Waals surface area contributed by atoms with Crippen LogP contribution in [0.4, 0.5) is 24.5 Å². The first kappa shape index (κ1) is 20.0. The lowest BCUT2D eigenvalue weighted by molar-refractivity contribution is 0.102. The van der Waals surface area contributed by atoms with Crippen LogP contribution >= 0.6 is 0 Å². The summed E-state index contributed by atoms with van der Waals surface area (Å²) in [6.45, 7) is 3.39. The van der Waals surface area contributed by atoms with Gasteiger partial charge in [0.05, 0.1) is 0 Å². The number of nitrogens with zero attached hydrogens (tertiary/aromatic N) is 2. The second kappa shape index (κ2) is 8.84. The zero-order chi connectivity index (χ0) is 20.0. The Morgan fingerprint density at radius 3 is 2.67 bits per heavy atom. The molecule has 0 fully saturated rings. The van der Waals surface area contributed by atoms with E-state index in [1.54, 1.807) is 19.9 Å². The van der Waals surface area contributed by atoms with Gasteiger partial charge in [-0.2, -0.15) is 4.99 Å². The SMILES string of the molecule is C/C=C(/C)OC(N)=Nc1cc(NC(=O)c2ccc(C(F)F)cn2)ccc1F. The number of halogens is 3. The number of ether oxygens (including phenoxy) is 1. The molecule has 1 heterocycles. The molecule has 0 bridgehead atoms. The average molecular weight is 378 g/mol. The second-order valence-corrected chi connectivity index (χ2v) is 5.35. The number of rotatable bonds is 5. The average Bonchev–Trinajstić information content (AvgIpc) is 2.64. The van der Waals surface area contributed by atoms with E-state index in [1.165, 1.54) is 18.2 Å². The van der Waals surface area contributed by atoms with Crippen molar-refractivity contribution in [3.05, 3.63) is 65.4 Å². The van der Waals surface area contributed by atoms with E-state index < -0.39 is 18.1 Å². The summed E-state index contributed by atoms with van der Waals surface area (Å²) in [5.41, 5.74) is 5.30. The number of alkyl halides is 2. The topological polar surface area (TPSA) is 89.6 Å². The molecular formula is C18H17F3N4O2. The van der Waals surface area contributed by atoms with Crippen LogP contribution in [-0.4, -0.2) is 16.9 Å². The van der Waals surface area contributed by atoms with Crippen LogP contribution in [0.5, 0.6) is 0 Å². The standard InChI is InChI=1S/C18H17F3N4O2/c1-3-10(2)27-18(22)25-15-8-12(5-6-13(15)19)24-17(26)14-7-4-11(9-23-14)16(20)21/h3-9,16H,1-2H3,(H2,22,25)(H,24,26)/b10-3-.